The zero-order chi connectivity index (χ0) is 25.4. The third-order valence-corrected chi connectivity index (χ3v) is 7.13. The molecule has 10 heteroatoms. The van der Waals surface area contributed by atoms with Gasteiger partial charge in [-0.15, -0.1) is 5.10 Å². The molecule has 4 rings (SSSR count). The molecule has 1 aliphatic heterocycles. The zero-order valence-corrected chi connectivity index (χ0v) is 21.1. The monoisotopic (exact) mass is 497 g/mol. The minimum Gasteiger partial charge on any atom is -0.383 e. The standard InChI is InChI=1S/C26H36FN7O2/c1-18(15-35-2)32-20-3-5-21(6-4-20)33-24-12-22(23(27)14-29-24)19-11-25(34-31-13-19)30-17-26(16-28)7-9-36-10-8-26/h11-14,18,20-21,32H,3-10,15,17H2,1-2H3,(H,29,33)(H,30,34). The van der Waals surface area contributed by atoms with Crippen LogP contribution in [0.5, 0.6) is 0 Å². The molecule has 0 spiro atoms. The van der Waals surface area contributed by atoms with E-state index >= 15 is 0 Å². The third-order valence-electron chi connectivity index (χ3n) is 7.13. The van der Waals surface area contributed by atoms with Gasteiger partial charge in [-0.25, -0.2) is 9.37 Å². The Labute approximate surface area is 212 Å². The normalized spacial score (nSPS) is 22.4. The first-order valence-electron chi connectivity index (χ1n) is 12.7. The summed E-state index contributed by atoms with van der Waals surface area (Å²) in [6.07, 6.45) is 8.30. The number of pyridine rings is 1. The molecule has 2 aromatic heterocycles. The van der Waals surface area contributed by atoms with Crippen molar-refractivity contribution in [1.29, 1.82) is 5.26 Å². The van der Waals surface area contributed by atoms with E-state index in [0.29, 0.717) is 80.1 Å². The first-order valence-corrected chi connectivity index (χ1v) is 12.7. The number of ether oxygens (including phenoxy) is 2. The van der Waals surface area contributed by atoms with Crippen LogP contribution in [0.15, 0.2) is 24.5 Å². The van der Waals surface area contributed by atoms with Crippen molar-refractivity contribution in [1.82, 2.24) is 20.5 Å². The van der Waals surface area contributed by atoms with Crippen LogP contribution in [0.1, 0.15) is 45.4 Å². The summed E-state index contributed by atoms with van der Waals surface area (Å²) in [6.45, 7) is 4.43. The lowest BCUT2D eigenvalue weighted by atomic mass is 9.82. The quantitative estimate of drug-likeness (QED) is 0.451. The van der Waals surface area contributed by atoms with E-state index in [9.17, 15) is 9.65 Å². The van der Waals surface area contributed by atoms with Crippen LogP contribution in [-0.4, -0.2) is 66.8 Å². The van der Waals surface area contributed by atoms with Crippen LogP contribution < -0.4 is 16.0 Å². The number of aromatic nitrogens is 3. The second-order valence-corrected chi connectivity index (χ2v) is 9.95. The summed E-state index contributed by atoms with van der Waals surface area (Å²) in [4.78, 5) is 4.27. The summed E-state index contributed by atoms with van der Waals surface area (Å²) in [7, 11) is 1.72. The summed E-state index contributed by atoms with van der Waals surface area (Å²) in [6, 6.07) is 7.04. The average Bonchev–Trinajstić information content (AvgIpc) is 2.90. The largest absolute Gasteiger partial charge is 0.383 e. The molecule has 1 unspecified atom stereocenters. The molecule has 2 fully saturated rings. The van der Waals surface area contributed by atoms with E-state index in [-0.39, 0.29) is 0 Å². The van der Waals surface area contributed by atoms with Gasteiger partial charge in [0.05, 0.1) is 30.5 Å². The van der Waals surface area contributed by atoms with E-state index in [0.717, 1.165) is 25.7 Å². The number of nitrogens with one attached hydrogen (secondary N) is 3. The second kappa shape index (κ2) is 12.4. The highest BCUT2D eigenvalue weighted by Crippen LogP contribution is 2.31. The summed E-state index contributed by atoms with van der Waals surface area (Å²) < 4.78 is 25.4. The van der Waals surface area contributed by atoms with Gasteiger partial charge in [0.25, 0.3) is 0 Å². The predicted octanol–water partition coefficient (Wildman–Crippen LogP) is 3.76. The van der Waals surface area contributed by atoms with Crippen molar-refractivity contribution >= 4 is 11.6 Å². The molecule has 0 amide bonds. The molecular formula is C26H36FN7O2. The van der Waals surface area contributed by atoms with Crippen LogP contribution in [0.2, 0.25) is 0 Å². The van der Waals surface area contributed by atoms with Crippen molar-refractivity contribution in [2.24, 2.45) is 5.41 Å². The summed E-state index contributed by atoms with van der Waals surface area (Å²) in [5.41, 5.74) is 0.523. The number of nitrogens with zero attached hydrogens (tertiary/aromatic N) is 4. The van der Waals surface area contributed by atoms with Gasteiger partial charge in [0.15, 0.2) is 0 Å². The second-order valence-electron chi connectivity index (χ2n) is 9.95. The molecule has 1 atom stereocenters. The van der Waals surface area contributed by atoms with Gasteiger partial charge in [-0.1, -0.05) is 0 Å². The SMILES string of the molecule is COCC(C)NC1CCC(Nc2cc(-c3cnnc(NCC4(C#N)CCOCC4)c3)c(F)cn2)CC1. The van der Waals surface area contributed by atoms with E-state index < -0.39 is 11.2 Å². The Morgan fingerprint density at radius 1 is 1.17 bits per heavy atom. The Hall–Kier alpha value is -2.87. The van der Waals surface area contributed by atoms with Gasteiger partial charge in [-0.2, -0.15) is 10.4 Å². The third kappa shape index (κ3) is 6.87. The Balaban J connectivity index is 1.37. The molecule has 3 heterocycles. The number of hydrogen-bond acceptors (Lipinski definition) is 9. The number of rotatable bonds is 10. The summed E-state index contributed by atoms with van der Waals surface area (Å²) in [5.74, 6) is 0.734. The van der Waals surface area contributed by atoms with Crippen LogP contribution in [0.4, 0.5) is 16.0 Å². The lowest BCUT2D eigenvalue weighted by Gasteiger charge is -2.32. The van der Waals surface area contributed by atoms with Gasteiger partial charge in [0, 0.05) is 56.1 Å². The first kappa shape index (κ1) is 26.2. The maximum absolute atomic E-state index is 14.8. The van der Waals surface area contributed by atoms with Crippen molar-refractivity contribution < 1.29 is 13.9 Å². The molecule has 1 aliphatic carbocycles. The highest BCUT2D eigenvalue weighted by atomic mass is 19.1. The topological polar surface area (TPSA) is 117 Å². The molecule has 3 N–H and O–H groups in total. The molecule has 36 heavy (non-hydrogen) atoms. The molecule has 0 aromatic carbocycles. The van der Waals surface area contributed by atoms with Gasteiger partial charge in [0.2, 0.25) is 0 Å². The van der Waals surface area contributed by atoms with Gasteiger partial charge in [-0.3, -0.25) is 0 Å². The fourth-order valence-electron chi connectivity index (χ4n) is 5.00. The van der Waals surface area contributed by atoms with Gasteiger partial charge in [0.1, 0.15) is 17.5 Å². The van der Waals surface area contributed by atoms with Crippen LogP contribution in [0, 0.1) is 22.6 Å². The van der Waals surface area contributed by atoms with Crippen LogP contribution in [0.3, 0.4) is 0 Å². The highest BCUT2D eigenvalue weighted by Gasteiger charge is 2.32. The molecule has 0 radical (unpaired) electrons. The lowest BCUT2D eigenvalue weighted by Crippen LogP contribution is -2.42. The van der Waals surface area contributed by atoms with Crippen LogP contribution in [-0.2, 0) is 9.47 Å². The first-order chi connectivity index (χ1) is 17.5. The highest BCUT2D eigenvalue weighted by molar-refractivity contribution is 5.68. The van der Waals surface area contributed by atoms with Crippen LogP contribution in [0.25, 0.3) is 11.1 Å². The zero-order valence-electron chi connectivity index (χ0n) is 21.1. The van der Waals surface area contributed by atoms with E-state index in [1.54, 1.807) is 25.4 Å². The fourth-order valence-corrected chi connectivity index (χ4v) is 5.00. The van der Waals surface area contributed by atoms with Crippen molar-refractivity contribution in [3.63, 3.8) is 0 Å². The Bertz CT molecular complexity index is 1030. The fraction of sp³-hybridized carbons (Fsp3) is 0.615. The van der Waals surface area contributed by atoms with Gasteiger partial charge >= 0.3 is 0 Å². The van der Waals surface area contributed by atoms with Gasteiger partial charge < -0.3 is 25.4 Å². The molecular weight excluding hydrogens is 461 g/mol. The maximum atomic E-state index is 14.8. The lowest BCUT2D eigenvalue weighted by molar-refractivity contribution is 0.0455. The number of hydrogen-bond donors (Lipinski definition) is 3. The van der Waals surface area contributed by atoms with E-state index in [1.165, 1.54) is 6.20 Å². The Morgan fingerprint density at radius 3 is 2.64 bits per heavy atom. The van der Waals surface area contributed by atoms with Crippen molar-refractivity contribution in [2.75, 3.05) is 44.1 Å². The van der Waals surface area contributed by atoms with E-state index in [4.69, 9.17) is 9.47 Å². The van der Waals surface area contributed by atoms with Crippen LogP contribution >= 0.6 is 0 Å². The molecule has 9 nitrogen and oxygen atoms in total. The molecule has 1 saturated carbocycles. The molecule has 1 saturated heterocycles. The van der Waals surface area contributed by atoms with Gasteiger partial charge in [-0.05, 0) is 57.6 Å². The molecule has 194 valence electrons. The minimum atomic E-state index is -0.495. The smallest absolute Gasteiger partial charge is 0.149 e. The number of anilines is 2. The van der Waals surface area contributed by atoms with E-state index in [2.05, 4.69) is 44.1 Å². The molecule has 2 aliphatic rings. The number of methoxy groups -OCH3 is 1. The summed E-state index contributed by atoms with van der Waals surface area (Å²) >= 11 is 0. The summed E-state index contributed by atoms with van der Waals surface area (Å²) in [5, 5.41) is 28.2. The average molecular weight is 498 g/mol. The maximum Gasteiger partial charge on any atom is 0.149 e. The van der Waals surface area contributed by atoms with Crippen molar-refractivity contribution in [3.8, 4) is 17.2 Å². The number of nitriles is 1. The minimum absolute atomic E-state index is 0.293. The van der Waals surface area contributed by atoms with E-state index in [1.807, 2.05) is 0 Å². The Morgan fingerprint density at radius 2 is 1.92 bits per heavy atom. The van der Waals surface area contributed by atoms with Crippen molar-refractivity contribution in [3.05, 3.63) is 30.3 Å². The predicted molar refractivity (Wildman–Crippen MR) is 136 cm³/mol. The molecule has 0 bridgehead atoms. The Kier molecular flexibility index (Phi) is 9.02. The number of halogens is 1. The molecule has 2 aromatic rings. The van der Waals surface area contributed by atoms with Crippen molar-refractivity contribution in [2.45, 2.75) is 63.6 Å².